The number of aliphatic hydroxyl groups is 1. The van der Waals surface area contributed by atoms with Crippen molar-refractivity contribution < 1.29 is 14.7 Å². The monoisotopic (exact) mass is 661 g/mol. The van der Waals surface area contributed by atoms with Gasteiger partial charge in [-0.15, -0.1) is 11.3 Å². The number of anilines is 2. The molecule has 0 fully saturated rings. The average molecular weight is 662 g/mol. The Balaban J connectivity index is 1.34. The maximum Gasteiger partial charge on any atom is 0.254 e. The van der Waals surface area contributed by atoms with E-state index in [0.29, 0.717) is 30.0 Å². The lowest BCUT2D eigenvalue weighted by Crippen LogP contribution is -2.42. The van der Waals surface area contributed by atoms with E-state index in [4.69, 9.17) is 0 Å². The Morgan fingerprint density at radius 1 is 0.896 bits per heavy atom. The minimum absolute atomic E-state index is 0.211. The van der Waals surface area contributed by atoms with Gasteiger partial charge in [-0.3, -0.25) is 14.6 Å². The quantitative estimate of drug-likeness (QED) is 0.145. The third kappa shape index (κ3) is 8.34. The molecule has 2 aromatic heterocycles. The van der Waals surface area contributed by atoms with Gasteiger partial charge in [0.15, 0.2) is 0 Å². The van der Waals surface area contributed by atoms with E-state index in [-0.39, 0.29) is 11.8 Å². The standard InChI is InChI=1S/C39H43N5O3S/c1-25(2)33-19-34(22-40-21-33)44(6)35-15-11-10-14-29(35)20-36(45)27(4)42-38(46)31-16-30(28-12-8-7-9-13-28)17-32(18-31)39(47)43(5)23-37-41-26(3)24-48-37/h7-19,21-22,24-25,27,36,45H,20,23H2,1-6H3,(H,42,46)/t27-,36+/m0/s1. The second-order valence-electron chi connectivity index (χ2n) is 12.6. The average Bonchev–Trinajstić information content (AvgIpc) is 3.51. The third-order valence-corrected chi connectivity index (χ3v) is 9.40. The zero-order valence-corrected chi connectivity index (χ0v) is 29.2. The molecule has 0 aliphatic heterocycles. The molecule has 48 heavy (non-hydrogen) atoms. The molecule has 5 rings (SSSR count). The molecule has 2 N–H and O–H groups in total. The number of nitrogens with one attached hydrogen (secondary N) is 1. The van der Waals surface area contributed by atoms with Crippen molar-refractivity contribution >= 4 is 34.5 Å². The van der Waals surface area contributed by atoms with Crippen LogP contribution in [0.15, 0.2) is 96.6 Å². The molecule has 2 amide bonds. The molecular formula is C39H43N5O3S. The summed E-state index contributed by atoms with van der Waals surface area (Å²) in [5.74, 6) is -0.227. The smallest absolute Gasteiger partial charge is 0.254 e. The fourth-order valence-electron chi connectivity index (χ4n) is 5.53. The molecule has 3 aromatic carbocycles. The van der Waals surface area contributed by atoms with Crippen LogP contribution in [0.1, 0.15) is 69.2 Å². The summed E-state index contributed by atoms with van der Waals surface area (Å²) in [4.78, 5) is 39.9. The van der Waals surface area contributed by atoms with Crippen LogP contribution in [-0.2, 0) is 13.0 Å². The molecule has 0 radical (unpaired) electrons. The minimum Gasteiger partial charge on any atom is -0.391 e. The number of carbonyl (C=O) groups excluding carboxylic acids is 2. The number of para-hydroxylation sites is 1. The maximum absolute atomic E-state index is 13.7. The van der Waals surface area contributed by atoms with Crippen molar-refractivity contribution in [2.75, 3.05) is 19.0 Å². The molecule has 0 aliphatic carbocycles. The van der Waals surface area contributed by atoms with E-state index >= 15 is 0 Å². The molecule has 2 heterocycles. The van der Waals surface area contributed by atoms with Crippen LogP contribution in [0.2, 0.25) is 0 Å². The first-order chi connectivity index (χ1) is 23.0. The minimum atomic E-state index is -0.866. The molecule has 0 saturated carbocycles. The summed E-state index contributed by atoms with van der Waals surface area (Å²) in [7, 11) is 3.73. The number of amides is 2. The Hall–Kier alpha value is -4.86. The van der Waals surface area contributed by atoms with Crippen LogP contribution in [0.25, 0.3) is 11.1 Å². The normalized spacial score (nSPS) is 12.4. The number of aliphatic hydroxyl groups excluding tert-OH is 1. The van der Waals surface area contributed by atoms with Crippen molar-refractivity contribution in [3.05, 3.63) is 130 Å². The molecular weight excluding hydrogens is 619 g/mol. The van der Waals surface area contributed by atoms with Crippen LogP contribution in [0, 0.1) is 6.92 Å². The lowest BCUT2D eigenvalue weighted by Gasteiger charge is -2.26. The van der Waals surface area contributed by atoms with Gasteiger partial charge < -0.3 is 20.2 Å². The largest absolute Gasteiger partial charge is 0.391 e. The third-order valence-electron chi connectivity index (χ3n) is 8.45. The predicted octanol–water partition coefficient (Wildman–Crippen LogP) is 7.40. The van der Waals surface area contributed by atoms with Gasteiger partial charge >= 0.3 is 0 Å². The zero-order chi connectivity index (χ0) is 34.4. The highest BCUT2D eigenvalue weighted by molar-refractivity contribution is 7.09. The molecule has 248 valence electrons. The molecule has 0 aliphatic rings. The number of thiazole rings is 1. The summed E-state index contributed by atoms with van der Waals surface area (Å²) in [5.41, 5.74) is 7.31. The predicted molar refractivity (Wildman–Crippen MR) is 194 cm³/mol. The van der Waals surface area contributed by atoms with Crippen LogP contribution < -0.4 is 10.2 Å². The van der Waals surface area contributed by atoms with Gasteiger partial charge in [0.25, 0.3) is 11.8 Å². The van der Waals surface area contributed by atoms with Crippen molar-refractivity contribution in [2.24, 2.45) is 0 Å². The van der Waals surface area contributed by atoms with Crippen LogP contribution in [0.3, 0.4) is 0 Å². The summed E-state index contributed by atoms with van der Waals surface area (Å²) in [6.45, 7) is 8.37. The van der Waals surface area contributed by atoms with E-state index in [1.807, 2.05) is 92.4 Å². The topological polar surface area (TPSA) is 98.7 Å². The molecule has 0 bridgehead atoms. The highest BCUT2D eigenvalue weighted by Crippen LogP contribution is 2.30. The number of aryl methyl sites for hydroxylation is 1. The van der Waals surface area contributed by atoms with Gasteiger partial charge in [0.05, 0.1) is 30.6 Å². The van der Waals surface area contributed by atoms with Crippen LogP contribution in [0.5, 0.6) is 0 Å². The number of benzene rings is 3. The number of rotatable bonds is 12. The van der Waals surface area contributed by atoms with Crippen molar-refractivity contribution in [3.63, 3.8) is 0 Å². The van der Waals surface area contributed by atoms with E-state index in [2.05, 4.69) is 40.1 Å². The molecule has 5 aromatic rings. The van der Waals surface area contributed by atoms with Crippen molar-refractivity contribution in [3.8, 4) is 11.1 Å². The zero-order valence-electron chi connectivity index (χ0n) is 28.3. The highest BCUT2D eigenvalue weighted by atomic mass is 32.1. The van der Waals surface area contributed by atoms with Gasteiger partial charge in [-0.05, 0) is 72.4 Å². The Labute approximate surface area is 287 Å². The lowest BCUT2D eigenvalue weighted by molar-refractivity contribution is 0.0785. The van der Waals surface area contributed by atoms with Gasteiger partial charge in [0.2, 0.25) is 0 Å². The SMILES string of the molecule is Cc1csc(CN(C)C(=O)c2cc(C(=O)N[C@@H](C)[C@H](O)Cc3ccccc3N(C)c3cncc(C(C)C)c3)cc(-c3ccccc3)c2)n1. The second-order valence-corrected chi connectivity index (χ2v) is 13.5. The number of nitrogens with zero attached hydrogens (tertiary/aromatic N) is 4. The summed E-state index contributed by atoms with van der Waals surface area (Å²) >= 11 is 1.51. The Bertz CT molecular complexity index is 1870. The molecule has 8 nitrogen and oxygen atoms in total. The fourth-order valence-corrected chi connectivity index (χ4v) is 6.36. The molecule has 0 unspecified atom stereocenters. The molecule has 0 spiro atoms. The Morgan fingerprint density at radius 3 is 2.31 bits per heavy atom. The summed E-state index contributed by atoms with van der Waals surface area (Å²) < 4.78 is 0. The number of hydrogen-bond acceptors (Lipinski definition) is 7. The summed E-state index contributed by atoms with van der Waals surface area (Å²) in [5, 5.41) is 17.1. The van der Waals surface area contributed by atoms with Gasteiger partial charge in [-0.1, -0.05) is 62.4 Å². The van der Waals surface area contributed by atoms with Gasteiger partial charge in [0, 0.05) is 54.6 Å². The van der Waals surface area contributed by atoms with Gasteiger partial charge in [-0.2, -0.15) is 0 Å². The number of hydrogen-bond donors (Lipinski definition) is 2. The second kappa shape index (κ2) is 15.4. The number of pyridine rings is 1. The van der Waals surface area contributed by atoms with Crippen LogP contribution in [-0.4, -0.2) is 58.0 Å². The van der Waals surface area contributed by atoms with Crippen LogP contribution >= 0.6 is 11.3 Å². The maximum atomic E-state index is 13.7. The summed E-state index contributed by atoms with van der Waals surface area (Å²) in [6, 6.07) is 24.4. The highest BCUT2D eigenvalue weighted by Gasteiger charge is 2.23. The summed E-state index contributed by atoms with van der Waals surface area (Å²) in [6.07, 6.45) is 3.18. The molecule has 2 atom stereocenters. The lowest BCUT2D eigenvalue weighted by atomic mass is 9.97. The van der Waals surface area contributed by atoms with E-state index in [9.17, 15) is 14.7 Å². The first-order valence-electron chi connectivity index (χ1n) is 16.1. The first-order valence-corrected chi connectivity index (χ1v) is 17.0. The van der Waals surface area contributed by atoms with E-state index < -0.39 is 12.1 Å². The van der Waals surface area contributed by atoms with E-state index in [1.54, 1.807) is 31.0 Å². The first kappa shape index (κ1) is 34.5. The fraction of sp³-hybridized carbons (Fsp3) is 0.282. The van der Waals surface area contributed by atoms with Crippen molar-refractivity contribution in [2.45, 2.75) is 58.7 Å². The van der Waals surface area contributed by atoms with E-state index in [0.717, 1.165) is 44.3 Å². The van der Waals surface area contributed by atoms with Gasteiger partial charge in [-0.25, -0.2) is 4.98 Å². The molecule has 0 saturated heterocycles. The van der Waals surface area contributed by atoms with Crippen molar-refractivity contribution in [1.29, 1.82) is 0 Å². The van der Waals surface area contributed by atoms with Crippen molar-refractivity contribution in [1.82, 2.24) is 20.2 Å². The number of aromatic nitrogens is 2. The van der Waals surface area contributed by atoms with Crippen LogP contribution in [0.4, 0.5) is 11.4 Å². The molecule has 9 heteroatoms. The van der Waals surface area contributed by atoms with E-state index in [1.165, 1.54) is 11.3 Å². The Morgan fingerprint density at radius 2 is 1.60 bits per heavy atom. The Kier molecular flexibility index (Phi) is 11.0. The van der Waals surface area contributed by atoms with Gasteiger partial charge in [0.1, 0.15) is 5.01 Å². The number of carbonyl (C=O) groups is 2.